The topological polar surface area (TPSA) is 63.1 Å². The average Bonchev–Trinajstić information content (AvgIpc) is 2.62. The summed E-state index contributed by atoms with van der Waals surface area (Å²) in [5, 5.41) is 17.9. The molecule has 3 aliphatic rings. The van der Waals surface area contributed by atoms with Gasteiger partial charge in [-0.15, -0.1) is 24.0 Å². The van der Waals surface area contributed by atoms with E-state index in [0.717, 1.165) is 26.2 Å². The fourth-order valence-electron chi connectivity index (χ4n) is 3.43. The van der Waals surface area contributed by atoms with Crippen molar-refractivity contribution in [3.05, 3.63) is 33.8 Å². The molecule has 1 aromatic rings. The van der Waals surface area contributed by atoms with Gasteiger partial charge in [0.05, 0.1) is 6.10 Å². The number of rotatable bonds is 5. The maximum Gasteiger partial charge on any atom is 0.191 e. The second-order valence-electron chi connectivity index (χ2n) is 6.54. The number of benzene rings is 1. The summed E-state index contributed by atoms with van der Waals surface area (Å²) in [5.41, 5.74) is 0.684. The molecule has 0 spiro atoms. The third kappa shape index (κ3) is 5.84. The number of fused-ring (bicyclic) bond motifs is 3. The number of halogens is 3. The maximum atomic E-state index is 10.3. The van der Waals surface area contributed by atoms with Crippen LogP contribution >= 0.6 is 47.2 Å². The van der Waals surface area contributed by atoms with Crippen molar-refractivity contribution in [2.24, 2.45) is 4.99 Å². The largest absolute Gasteiger partial charge is 0.387 e. The SMILES string of the molecule is CN=C(NCC(O)c1cc(Cl)cc(Cl)c1)NCC1CN2CCN1CC2.I. The zero-order chi connectivity index (χ0) is 17.8. The van der Waals surface area contributed by atoms with Gasteiger partial charge in [0.1, 0.15) is 0 Å². The van der Waals surface area contributed by atoms with E-state index in [1.807, 2.05) is 0 Å². The summed E-state index contributed by atoms with van der Waals surface area (Å²) in [6.45, 7) is 6.93. The molecule has 26 heavy (non-hydrogen) atoms. The van der Waals surface area contributed by atoms with Crippen LogP contribution in [0.4, 0.5) is 0 Å². The fourth-order valence-corrected chi connectivity index (χ4v) is 3.98. The number of aliphatic hydroxyl groups is 1. The molecule has 0 aliphatic carbocycles. The molecule has 0 radical (unpaired) electrons. The van der Waals surface area contributed by atoms with E-state index >= 15 is 0 Å². The van der Waals surface area contributed by atoms with Gasteiger partial charge >= 0.3 is 0 Å². The Hall–Kier alpha value is -0.320. The monoisotopic (exact) mass is 513 g/mol. The predicted octanol–water partition coefficient (Wildman–Crippen LogP) is 1.81. The van der Waals surface area contributed by atoms with Gasteiger partial charge in [-0.25, -0.2) is 0 Å². The Balaban J connectivity index is 0.00000243. The lowest BCUT2D eigenvalue weighted by Crippen LogP contribution is -2.63. The molecular weight excluding hydrogens is 488 g/mol. The highest BCUT2D eigenvalue weighted by atomic mass is 127. The van der Waals surface area contributed by atoms with Crippen molar-refractivity contribution >= 4 is 53.1 Å². The molecule has 6 nitrogen and oxygen atoms in total. The van der Waals surface area contributed by atoms with Crippen LogP contribution in [0.1, 0.15) is 11.7 Å². The minimum atomic E-state index is -0.713. The van der Waals surface area contributed by atoms with Crippen LogP contribution in [-0.2, 0) is 0 Å². The Morgan fingerprint density at radius 3 is 2.38 bits per heavy atom. The number of guanidine groups is 1. The van der Waals surface area contributed by atoms with Crippen molar-refractivity contribution in [3.8, 4) is 0 Å². The summed E-state index contributed by atoms with van der Waals surface area (Å²) >= 11 is 12.0. The molecule has 0 amide bonds. The molecule has 3 aliphatic heterocycles. The summed E-state index contributed by atoms with van der Waals surface area (Å²) in [7, 11) is 1.73. The van der Waals surface area contributed by atoms with E-state index in [1.54, 1.807) is 25.2 Å². The lowest BCUT2D eigenvalue weighted by molar-refractivity contribution is 0.0154. The zero-order valence-electron chi connectivity index (χ0n) is 14.8. The predicted molar refractivity (Wildman–Crippen MR) is 118 cm³/mol. The minimum absolute atomic E-state index is 0. The highest BCUT2D eigenvalue weighted by Gasteiger charge is 2.31. The number of nitrogens with zero attached hydrogens (tertiary/aromatic N) is 3. The third-order valence-electron chi connectivity index (χ3n) is 4.85. The molecule has 146 valence electrons. The van der Waals surface area contributed by atoms with Crippen molar-refractivity contribution in [1.82, 2.24) is 20.4 Å². The molecule has 9 heteroatoms. The average molecular weight is 514 g/mol. The summed E-state index contributed by atoms with van der Waals surface area (Å²) in [4.78, 5) is 9.27. The standard InChI is InChI=1S/C17H25Cl2N5O.HI/c1-20-17(21-9-15-11-23-2-4-24(15)5-3-23)22-10-16(25)12-6-13(18)8-14(19)7-12;/h6-8,15-16,25H,2-5,9-11H2,1H3,(H2,20,21,22);1H. The van der Waals surface area contributed by atoms with Gasteiger partial charge in [0, 0.05) is 68.9 Å². The van der Waals surface area contributed by atoms with E-state index in [1.165, 1.54) is 13.1 Å². The third-order valence-corrected chi connectivity index (χ3v) is 5.29. The molecule has 3 fully saturated rings. The summed E-state index contributed by atoms with van der Waals surface area (Å²) in [6.07, 6.45) is -0.713. The Morgan fingerprint density at radius 2 is 1.85 bits per heavy atom. The quantitative estimate of drug-likeness (QED) is 0.318. The Morgan fingerprint density at radius 1 is 1.19 bits per heavy atom. The highest BCUT2D eigenvalue weighted by molar-refractivity contribution is 14.0. The minimum Gasteiger partial charge on any atom is -0.387 e. The molecular formula is C17H26Cl2IN5O. The van der Waals surface area contributed by atoms with Crippen molar-refractivity contribution in [3.63, 3.8) is 0 Å². The molecule has 4 rings (SSSR count). The van der Waals surface area contributed by atoms with E-state index in [9.17, 15) is 5.11 Å². The molecule has 0 aromatic heterocycles. The maximum absolute atomic E-state index is 10.3. The van der Waals surface area contributed by atoms with Gasteiger partial charge < -0.3 is 15.7 Å². The second-order valence-corrected chi connectivity index (χ2v) is 7.42. The Labute approximate surface area is 181 Å². The summed E-state index contributed by atoms with van der Waals surface area (Å²) in [5.74, 6) is 0.685. The van der Waals surface area contributed by atoms with Crippen LogP contribution in [0.2, 0.25) is 10.0 Å². The first-order chi connectivity index (χ1) is 12.0. The van der Waals surface area contributed by atoms with Crippen LogP contribution in [0.25, 0.3) is 0 Å². The van der Waals surface area contributed by atoms with Crippen molar-refractivity contribution in [1.29, 1.82) is 0 Å². The molecule has 2 atom stereocenters. The molecule has 3 heterocycles. The highest BCUT2D eigenvalue weighted by Crippen LogP contribution is 2.23. The van der Waals surface area contributed by atoms with E-state index in [0.29, 0.717) is 34.2 Å². The van der Waals surface area contributed by atoms with Crippen LogP contribution in [0.15, 0.2) is 23.2 Å². The smallest absolute Gasteiger partial charge is 0.191 e. The summed E-state index contributed by atoms with van der Waals surface area (Å²) < 4.78 is 0. The van der Waals surface area contributed by atoms with Gasteiger partial charge in [-0.2, -0.15) is 0 Å². The zero-order valence-corrected chi connectivity index (χ0v) is 18.6. The fraction of sp³-hybridized carbons (Fsp3) is 0.588. The first-order valence-electron chi connectivity index (χ1n) is 8.60. The van der Waals surface area contributed by atoms with Crippen LogP contribution < -0.4 is 10.6 Å². The first-order valence-corrected chi connectivity index (χ1v) is 9.35. The van der Waals surface area contributed by atoms with E-state index in [2.05, 4.69) is 25.4 Å². The van der Waals surface area contributed by atoms with Gasteiger partial charge in [-0.3, -0.25) is 14.8 Å². The molecule has 3 saturated heterocycles. The molecule has 0 saturated carbocycles. The van der Waals surface area contributed by atoms with Gasteiger partial charge in [0.25, 0.3) is 0 Å². The molecule has 3 N–H and O–H groups in total. The van der Waals surface area contributed by atoms with Crippen molar-refractivity contribution in [2.75, 3.05) is 52.9 Å². The number of nitrogens with one attached hydrogen (secondary N) is 2. The van der Waals surface area contributed by atoms with Crippen LogP contribution in [0.3, 0.4) is 0 Å². The number of piperazine rings is 3. The van der Waals surface area contributed by atoms with Crippen LogP contribution in [0.5, 0.6) is 0 Å². The molecule has 2 unspecified atom stereocenters. The second kappa shape index (κ2) is 10.3. The van der Waals surface area contributed by atoms with Crippen LogP contribution in [0, 0.1) is 0 Å². The number of aliphatic imine (C=N–C) groups is 1. The first kappa shape index (κ1) is 22.0. The van der Waals surface area contributed by atoms with E-state index < -0.39 is 6.10 Å². The van der Waals surface area contributed by atoms with Gasteiger partial charge in [-0.05, 0) is 23.8 Å². The normalized spacial score (nSPS) is 26.2. The van der Waals surface area contributed by atoms with Gasteiger partial charge in [-0.1, -0.05) is 23.2 Å². The summed E-state index contributed by atoms with van der Waals surface area (Å²) in [6, 6.07) is 5.60. The van der Waals surface area contributed by atoms with Gasteiger partial charge in [0.2, 0.25) is 0 Å². The van der Waals surface area contributed by atoms with E-state index in [4.69, 9.17) is 23.2 Å². The Bertz CT molecular complexity index is 605. The van der Waals surface area contributed by atoms with E-state index in [-0.39, 0.29) is 24.0 Å². The lowest BCUT2D eigenvalue weighted by atomic mass is 10.1. The molecule has 2 bridgehead atoms. The molecule has 1 aromatic carbocycles. The van der Waals surface area contributed by atoms with Gasteiger partial charge in [0.15, 0.2) is 5.96 Å². The number of aliphatic hydroxyl groups excluding tert-OH is 1. The lowest BCUT2D eigenvalue weighted by Gasteiger charge is -2.47. The number of hydrogen-bond donors (Lipinski definition) is 3. The van der Waals surface area contributed by atoms with Crippen molar-refractivity contribution < 1.29 is 5.11 Å². The number of hydrogen-bond acceptors (Lipinski definition) is 4. The van der Waals surface area contributed by atoms with Crippen molar-refractivity contribution in [2.45, 2.75) is 12.1 Å². The van der Waals surface area contributed by atoms with Crippen LogP contribution in [-0.4, -0.2) is 79.8 Å². The Kier molecular flexibility index (Phi) is 8.69.